The third kappa shape index (κ3) is 6.64. The minimum Gasteiger partial charge on any atom is -0.444 e. The van der Waals surface area contributed by atoms with E-state index in [1.54, 1.807) is 45.2 Å². The molecule has 8 heteroatoms. The molecule has 0 aliphatic heterocycles. The fourth-order valence-electron chi connectivity index (χ4n) is 4.58. The summed E-state index contributed by atoms with van der Waals surface area (Å²) in [5, 5.41) is 11.0. The molecule has 1 unspecified atom stereocenters. The van der Waals surface area contributed by atoms with Gasteiger partial charge in [0.1, 0.15) is 5.60 Å². The number of rotatable bonds is 6. The number of hydrogen-bond donors (Lipinski definition) is 3. The number of ether oxygens (including phenoxy) is 1. The van der Waals surface area contributed by atoms with Gasteiger partial charge in [-0.25, -0.2) is 4.79 Å². The zero-order valence-corrected chi connectivity index (χ0v) is 21.5. The van der Waals surface area contributed by atoms with Crippen molar-refractivity contribution in [2.75, 3.05) is 0 Å². The molecule has 3 amide bonds. The maximum absolute atomic E-state index is 13.6. The number of nitrogens with two attached hydrogens (primary N) is 1. The number of nitrogens with one attached hydrogen (secondary N) is 2. The number of hydrogen-bond acceptors (Lipinski definition) is 5. The van der Waals surface area contributed by atoms with Gasteiger partial charge < -0.3 is 20.8 Å². The fourth-order valence-corrected chi connectivity index (χ4v) is 4.58. The molecule has 2 fully saturated rings. The Hall–Kier alpha value is -3.94. The van der Waals surface area contributed by atoms with Gasteiger partial charge in [-0.15, -0.1) is 0 Å². The Morgan fingerprint density at radius 2 is 1.70 bits per heavy atom. The van der Waals surface area contributed by atoms with Crippen molar-refractivity contribution in [2.45, 2.75) is 70.6 Å². The quantitative estimate of drug-likeness (QED) is 0.512. The molecule has 4 N–H and O–H groups in total. The normalized spacial score (nSPS) is 18.8. The van der Waals surface area contributed by atoms with Crippen LogP contribution < -0.4 is 11.1 Å². The standard InChI is InChI=1S/C29H34N4O4/c1-29(2,3)37-28(36)32-17-22-16-24(13-14-25(22)30)33(23-11-12-23)27(35)19-9-7-18(8-10-19)20-5-4-6-21(15-20)26(31)34/h4-10,15,17,23-24,30H,11-14,16H2,1-3H3,(H2,31,34)(H,32,36)/b22-17-,30-25?. The largest absolute Gasteiger partial charge is 0.444 e. The fraction of sp³-hybridized carbons (Fsp3) is 0.379. The van der Waals surface area contributed by atoms with Gasteiger partial charge in [-0.2, -0.15) is 0 Å². The molecule has 2 aliphatic rings. The van der Waals surface area contributed by atoms with E-state index < -0.39 is 17.6 Å². The Morgan fingerprint density at radius 1 is 1.00 bits per heavy atom. The summed E-state index contributed by atoms with van der Waals surface area (Å²) >= 11 is 0. The molecular formula is C29H34N4O4. The summed E-state index contributed by atoms with van der Waals surface area (Å²) in [5.74, 6) is -0.512. The van der Waals surface area contributed by atoms with Crippen molar-refractivity contribution in [1.82, 2.24) is 10.2 Å². The second-order valence-electron chi connectivity index (χ2n) is 10.7. The molecule has 0 spiro atoms. The zero-order valence-electron chi connectivity index (χ0n) is 21.5. The van der Waals surface area contributed by atoms with Gasteiger partial charge in [0.2, 0.25) is 5.91 Å². The van der Waals surface area contributed by atoms with Crippen molar-refractivity contribution in [3.05, 3.63) is 71.4 Å². The molecule has 0 radical (unpaired) electrons. The number of amides is 3. The highest BCUT2D eigenvalue weighted by Gasteiger charge is 2.39. The Bertz CT molecular complexity index is 1240. The van der Waals surface area contributed by atoms with Gasteiger partial charge in [0.15, 0.2) is 0 Å². The molecule has 4 rings (SSSR count). The molecule has 0 bridgehead atoms. The van der Waals surface area contributed by atoms with E-state index in [1.165, 1.54) is 0 Å². The molecule has 2 aromatic rings. The predicted molar refractivity (Wildman–Crippen MR) is 142 cm³/mol. The average molecular weight is 503 g/mol. The van der Waals surface area contributed by atoms with Crippen LogP contribution in [-0.2, 0) is 4.74 Å². The van der Waals surface area contributed by atoms with Crippen LogP contribution in [0.25, 0.3) is 11.1 Å². The Labute approximate surface area is 217 Å². The van der Waals surface area contributed by atoms with Crippen LogP contribution in [0.4, 0.5) is 4.79 Å². The van der Waals surface area contributed by atoms with Crippen LogP contribution in [0.1, 0.15) is 73.6 Å². The van der Waals surface area contributed by atoms with Crippen molar-refractivity contribution in [3.63, 3.8) is 0 Å². The van der Waals surface area contributed by atoms with Gasteiger partial charge in [-0.05, 0) is 93.8 Å². The van der Waals surface area contributed by atoms with Gasteiger partial charge in [0.05, 0.1) is 0 Å². The highest BCUT2D eigenvalue weighted by atomic mass is 16.6. The first-order valence-corrected chi connectivity index (χ1v) is 12.6. The lowest BCUT2D eigenvalue weighted by Crippen LogP contribution is -2.44. The van der Waals surface area contributed by atoms with Crippen molar-refractivity contribution < 1.29 is 19.1 Å². The lowest BCUT2D eigenvalue weighted by molar-refractivity contribution is 0.0549. The second kappa shape index (κ2) is 10.6. The number of benzene rings is 2. The maximum Gasteiger partial charge on any atom is 0.411 e. The Balaban J connectivity index is 1.49. The molecule has 0 aromatic heterocycles. The van der Waals surface area contributed by atoms with Crippen LogP contribution in [-0.4, -0.2) is 46.2 Å². The highest BCUT2D eigenvalue weighted by molar-refractivity contribution is 6.00. The molecule has 2 aliphatic carbocycles. The van der Waals surface area contributed by atoms with E-state index in [4.69, 9.17) is 15.9 Å². The number of alkyl carbamates (subject to hydrolysis) is 1. The van der Waals surface area contributed by atoms with Crippen molar-refractivity contribution in [1.29, 1.82) is 5.41 Å². The third-order valence-electron chi connectivity index (χ3n) is 6.51. The smallest absolute Gasteiger partial charge is 0.411 e. The topological polar surface area (TPSA) is 126 Å². The van der Waals surface area contributed by atoms with E-state index in [2.05, 4.69) is 5.32 Å². The Morgan fingerprint density at radius 3 is 2.32 bits per heavy atom. The lowest BCUT2D eigenvalue weighted by Gasteiger charge is -2.36. The van der Waals surface area contributed by atoms with Crippen molar-refractivity contribution >= 4 is 23.6 Å². The van der Waals surface area contributed by atoms with Gasteiger partial charge in [0.25, 0.3) is 5.91 Å². The second-order valence-corrected chi connectivity index (χ2v) is 10.7. The van der Waals surface area contributed by atoms with E-state index in [9.17, 15) is 14.4 Å². The molecule has 0 heterocycles. The summed E-state index contributed by atoms with van der Waals surface area (Å²) in [4.78, 5) is 39.2. The number of carbonyl (C=O) groups is 3. The van der Waals surface area contributed by atoms with Gasteiger partial charge in [0, 0.05) is 35.1 Å². The van der Waals surface area contributed by atoms with Gasteiger partial charge in [-0.1, -0.05) is 24.3 Å². The van der Waals surface area contributed by atoms with E-state index in [0.29, 0.717) is 41.7 Å². The molecule has 0 saturated heterocycles. The first-order valence-electron chi connectivity index (χ1n) is 12.6. The van der Waals surface area contributed by atoms with Gasteiger partial charge in [-0.3, -0.25) is 14.9 Å². The molecular weight excluding hydrogens is 468 g/mol. The maximum atomic E-state index is 13.6. The Kier molecular flexibility index (Phi) is 7.47. The molecule has 2 saturated carbocycles. The van der Waals surface area contributed by atoms with Crippen LogP contribution in [0.3, 0.4) is 0 Å². The number of nitrogens with zero attached hydrogens (tertiary/aromatic N) is 1. The van der Waals surface area contributed by atoms with E-state index in [-0.39, 0.29) is 18.0 Å². The van der Waals surface area contributed by atoms with Crippen molar-refractivity contribution in [3.8, 4) is 11.1 Å². The van der Waals surface area contributed by atoms with Crippen LogP contribution in [0.5, 0.6) is 0 Å². The van der Waals surface area contributed by atoms with Gasteiger partial charge >= 0.3 is 6.09 Å². The van der Waals surface area contributed by atoms with Crippen LogP contribution in [0.15, 0.2) is 60.3 Å². The first kappa shape index (κ1) is 26.1. The lowest BCUT2D eigenvalue weighted by atomic mass is 9.88. The van der Waals surface area contributed by atoms with E-state index in [1.807, 2.05) is 35.2 Å². The monoisotopic (exact) mass is 502 g/mol. The summed E-state index contributed by atoms with van der Waals surface area (Å²) in [6.45, 7) is 5.38. The molecule has 8 nitrogen and oxygen atoms in total. The summed E-state index contributed by atoms with van der Waals surface area (Å²) in [5.41, 5.74) is 8.76. The molecule has 2 aromatic carbocycles. The summed E-state index contributed by atoms with van der Waals surface area (Å²) in [6, 6.07) is 14.6. The minimum absolute atomic E-state index is 0.0298. The van der Waals surface area contributed by atoms with Crippen LogP contribution >= 0.6 is 0 Å². The molecule has 194 valence electrons. The predicted octanol–water partition coefficient (Wildman–Crippen LogP) is 5.04. The van der Waals surface area contributed by atoms with Crippen molar-refractivity contribution in [2.24, 2.45) is 5.73 Å². The highest BCUT2D eigenvalue weighted by Crippen LogP contribution is 2.36. The SMILES string of the molecule is CC(C)(C)OC(=O)N/C=C1/CC(N(C(=O)c2ccc(-c3cccc(C(N)=O)c3)cc2)C2CC2)CCC1=N. The van der Waals surface area contributed by atoms with Crippen LogP contribution in [0, 0.1) is 5.41 Å². The van der Waals surface area contributed by atoms with E-state index >= 15 is 0 Å². The summed E-state index contributed by atoms with van der Waals surface area (Å²) in [6.07, 6.45) is 4.68. The molecule has 1 atom stereocenters. The summed E-state index contributed by atoms with van der Waals surface area (Å²) < 4.78 is 5.29. The number of primary amides is 1. The minimum atomic E-state index is -0.611. The zero-order chi connectivity index (χ0) is 26.7. The third-order valence-corrected chi connectivity index (χ3v) is 6.51. The first-order chi connectivity index (χ1) is 17.5. The van der Waals surface area contributed by atoms with Crippen LogP contribution in [0.2, 0.25) is 0 Å². The summed E-state index contributed by atoms with van der Waals surface area (Å²) in [7, 11) is 0. The number of carbonyl (C=O) groups excluding carboxylic acids is 3. The van der Waals surface area contributed by atoms with E-state index in [0.717, 1.165) is 24.0 Å². The molecule has 37 heavy (non-hydrogen) atoms. The average Bonchev–Trinajstić information content (AvgIpc) is 3.68.